The van der Waals surface area contributed by atoms with E-state index in [0.29, 0.717) is 16.7 Å². The molecule has 3 unspecified atom stereocenters. The Balaban J connectivity index is 0.00000144. The van der Waals surface area contributed by atoms with E-state index in [-0.39, 0.29) is 24.4 Å². The van der Waals surface area contributed by atoms with Crippen molar-refractivity contribution in [2.45, 2.75) is 18.9 Å². The highest BCUT2D eigenvalue weighted by Gasteiger charge is 2.43. The number of likely N-dealkylation sites (tertiary alicyclic amines) is 1. The third-order valence-corrected chi connectivity index (χ3v) is 5.53. The summed E-state index contributed by atoms with van der Waals surface area (Å²) in [6.07, 6.45) is 3.74. The highest BCUT2D eigenvalue weighted by atomic mass is 35.5. The van der Waals surface area contributed by atoms with Gasteiger partial charge in [0.25, 0.3) is 5.91 Å². The lowest BCUT2D eigenvalue weighted by Crippen LogP contribution is -2.33. The monoisotopic (exact) mass is 340 g/mol. The lowest BCUT2D eigenvalue weighted by Gasteiger charge is -2.18. The third-order valence-electron chi connectivity index (χ3n) is 4.63. The van der Waals surface area contributed by atoms with Crippen molar-refractivity contribution in [2.24, 2.45) is 17.6 Å². The Kier molecular flexibility index (Phi) is 4.16. The molecule has 0 aromatic carbocycles. The van der Waals surface area contributed by atoms with Crippen LogP contribution in [0.2, 0.25) is 0 Å². The fourth-order valence-electron chi connectivity index (χ4n) is 3.53. The summed E-state index contributed by atoms with van der Waals surface area (Å²) in [6.45, 7) is 1.60. The summed E-state index contributed by atoms with van der Waals surface area (Å²) in [5, 5.41) is 13.0. The summed E-state index contributed by atoms with van der Waals surface area (Å²) in [5.41, 5.74) is 6.89. The molecule has 3 heterocycles. The van der Waals surface area contributed by atoms with E-state index in [9.17, 15) is 4.79 Å². The average Bonchev–Trinajstić information content (AvgIpc) is 3.24. The number of tetrazole rings is 1. The van der Waals surface area contributed by atoms with E-state index in [1.165, 1.54) is 22.3 Å². The molecule has 1 amide bonds. The Labute approximate surface area is 137 Å². The molecule has 3 atom stereocenters. The number of amides is 1. The number of fused-ring (bicyclic) bond motifs is 1. The minimum Gasteiger partial charge on any atom is -0.337 e. The summed E-state index contributed by atoms with van der Waals surface area (Å²) in [6, 6.07) is 2.12. The maximum absolute atomic E-state index is 12.8. The number of carbonyl (C=O) groups is 1. The molecular formula is C13H17ClN6OS. The van der Waals surface area contributed by atoms with Gasteiger partial charge in [0.2, 0.25) is 0 Å². The molecule has 1 aliphatic heterocycles. The van der Waals surface area contributed by atoms with Crippen LogP contribution in [-0.4, -0.2) is 50.1 Å². The average molecular weight is 341 g/mol. The van der Waals surface area contributed by atoms with Gasteiger partial charge >= 0.3 is 0 Å². The molecule has 9 heteroatoms. The number of nitrogens with two attached hydrogens (primary N) is 1. The van der Waals surface area contributed by atoms with Gasteiger partial charge in [-0.05, 0) is 46.6 Å². The van der Waals surface area contributed by atoms with Gasteiger partial charge in [-0.25, -0.2) is 0 Å². The van der Waals surface area contributed by atoms with E-state index in [1.807, 2.05) is 16.3 Å². The van der Waals surface area contributed by atoms with Crippen molar-refractivity contribution in [3.8, 4) is 5.69 Å². The topological polar surface area (TPSA) is 89.9 Å². The van der Waals surface area contributed by atoms with Crippen molar-refractivity contribution in [1.82, 2.24) is 25.1 Å². The Morgan fingerprint density at radius 3 is 2.95 bits per heavy atom. The van der Waals surface area contributed by atoms with Gasteiger partial charge in [0.15, 0.2) is 0 Å². The van der Waals surface area contributed by atoms with Gasteiger partial charge in [-0.15, -0.1) is 28.8 Å². The maximum atomic E-state index is 12.8. The fraction of sp³-hybridized carbons (Fsp3) is 0.538. The number of aromatic nitrogens is 4. The Bertz CT molecular complexity index is 659. The van der Waals surface area contributed by atoms with Crippen LogP contribution in [0.1, 0.15) is 22.5 Å². The minimum absolute atomic E-state index is 0. The summed E-state index contributed by atoms with van der Waals surface area (Å²) < 4.78 is 1.53. The number of halogens is 1. The van der Waals surface area contributed by atoms with E-state index in [4.69, 9.17) is 5.73 Å². The molecule has 0 bridgehead atoms. The van der Waals surface area contributed by atoms with E-state index in [2.05, 4.69) is 15.5 Å². The molecule has 22 heavy (non-hydrogen) atoms. The van der Waals surface area contributed by atoms with Gasteiger partial charge in [-0.3, -0.25) is 4.79 Å². The predicted octanol–water partition coefficient (Wildman–Crippen LogP) is 0.955. The molecule has 4 rings (SSSR count). The second-order valence-corrected chi connectivity index (χ2v) is 6.68. The first-order valence-electron chi connectivity index (χ1n) is 7.10. The molecule has 2 aromatic rings. The Morgan fingerprint density at radius 2 is 2.23 bits per heavy atom. The number of hydrogen-bond donors (Lipinski definition) is 1. The normalized spacial score (nSPS) is 26.8. The zero-order valence-corrected chi connectivity index (χ0v) is 13.5. The molecule has 1 aliphatic carbocycles. The Morgan fingerprint density at radius 1 is 1.36 bits per heavy atom. The van der Waals surface area contributed by atoms with Gasteiger partial charge in [0.05, 0.1) is 5.69 Å². The van der Waals surface area contributed by atoms with Crippen molar-refractivity contribution < 1.29 is 4.79 Å². The van der Waals surface area contributed by atoms with Crippen LogP contribution in [0, 0.1) is 11.8 Å². The van der Waals surface area contributed by atoms with Crippen molar-refractivity contribution in [3.63, 3.8) is 0 Å². The first-order valence-corrected chi connectivity index (χ1v) is 7.97. The number of hydrogen-bond acceptors (Lipinski definition) is 6. The molecule has 0 spiro atoms. The highest BCUT2D eigenvalue weighted by molar-refractivity contribution is 7.12. The second kappa shape index (κ2) is 5.94. The van der Waals surface area contributed by atoms with Crippen LogP contribution in [0.4, 0.5) is 0 Å². The van der Waals surface area contributed by atoms with Crippen molar-refractivity contribution in [3.05, 3.63) is 22.7 Å². The van der Waals surface area contributed by atoms with Crippen molar-refractivity contribution in [1.29, 1.82) is 0 Å². The number of thiophene rings is 1. The number of nitrogens with zero attached hydrogens (tertiary/aromatic N) is 5. The smallest absolute Gasteiger partial charge is 0.266 e. The van der Waals surface area contributed by atoms with Gasteiger partial charge in [-0.2, -0.15) is 4.68 Å². The molecule has 2 aliphatic rings. The number of rotatable bonds is 2. The van der Waals surface area contributed by atoms with E-state index in [0.717, 1.165) is 31.6 Å². The van der Waals surface area contributed by atoms with Crippen LogP contribution in [0.25, 0.3) is 5.69 Å². The molecule has 2 aromatic heterocycles. The molecule has 1 saturated carbocycles. The molecule has 2 N–H and O–H groups in total. The van der Waals surface area contributed by atoms with Crippen LogP contribution in [0.3, 0.4) is 0 Å². The molecule has 0 radical (unpaired) electrons. The fourth-order valence-corrected chi connectivity index (χ4v) is 4.38. The van der Waals surface area contributed by atoms with Crippen molar-refractivity contribution >= 4 is 29.7 Å². The highest BCUT2D eigenvalue weighted by Crippen LogP contribution is 2.38. The third kappa shape index (κ3) is 2.41. The first kappa shape index (κ1) is 15.4. The van der Waals surface area contributed by atoms with Crippen LogP contribution >= 0.6 is 23.7 Å². The predicted molar refractivity (Wildman–Crippen MR) is 84.4 cm³/mol. The largest absolute Gasteiger partial charge is 0.337 e. The second-order valence-electron chi connectivity index (χ2n) is 5.76. The quantitative estimate of drug-likeness (QED) is 0.879. The number of carbonyl (C=O) groups excluding carboxylic acids is 1. The van der Waals surface area contributed by atoms with Gasteiger partial charge in [0.1, 0.15) is 11.2 Å². The lowest BCUT2D eigenvalue weighted by molar-refractivity contribution is 0.0784. The summed E-state index contributed by atoms with van der Waals surface area (Å²) in [4.78, 5) is 15.4. The maximum Gasteiger partial charge on any atom is 0.266 e. The lowest BCUT2D eigenvalue weighted by atomic mass is 9.98. The summed E-state index contributed by atoms with van der Waals surface area (Å²) >= 11 is 1.43. The van der Waals surface area contributed by atoms with E-state index >= 15 is 0 Å². The standard InChI is InChI=1S/C13H16N6OS.ClH/c14-10-2-1-8-5-18(6-9(8)10)13(20)12-11(3-4-21-12)19-7-15-16-17-19;/h3-4,7-10H,1-2,5-6,14H2;1H. The molecule has 118 valence electrons. The Hall–Kier alpha value is -1.51. The van der Waals surface area contributed by atoms with Gasteiger partial charge < -0.3 is 10.6 Å². The molecule has 7 nitrogen and oxygen atoms in total. The van der Waals surface area contributed by atoms with Crippen LogP contribution in [0.5, 0.6) is 0 Å². The summed E-state index contributed by atoms with van der Waals surface area (Å²) in [7, 11) is 0. The van der Waals surface area contributed by atoms with Crippen LogP contribution in [-0.2, 0) is 0 Å². The zero-order valence-electron chi connectivity index (χ0n) is 11.8. The van der Waals surface area contributed by atoms with Gasteiger partial charge in [0, 0.05) is 19.1 Å². The molecule has 1 saturated heterocycles. The van der Waals surface area contributed by atoms with Crippen molar-refractivity contribution in [2.75, 3.05) is 13.1 Å². The first-order chi connectivity index (χ1) is 10.2. The summed E-state index contributed by atoms with van der Waals surface area (Å²) in [5.74, 6) is 1.10. The molecular weight excluding hydrogens is 324 g/mol. The van der Waals surface area contributed by atoms with Gasteiger partial charge in [-0.1, -0.05) is 0 Å². The van der Waals surface area contributed by atoms with E-state index in [1.54, 1.807) is 0 Å². The van der Waals surface area contributed by atoms with Crippen LogP contribution in [0.15, 0.2) is 17.8 Å². The SMILES string of the molecule is Cl.NC1CCC2CN(C(=O)c3sccc3-n3cnnn3)CC12. The van der Waals surface area contributed by atoms with E-state index < -0.39 is 0 Å². The zero-order chi connectivity index (χ0) is 14.4. The minimum atomic E-state index is 0. The van der Waals surface area contributed by atoms with Crippen LogP contribution < -0.4 is 5.73 Å². The molecule has 2 fully saturated rings.